The highest BCUT2D eigenvalue weighted by molar-refractivity contribution is 6.00. The van der Waals surface area contributed by atoms with Crippen LogP contribution < -0.4 is 5.32 Å². The number of anilines is 1. The fourth-order valence-electron chi connectivity index (χ4n) is 1.01. The van der Waals surface area contributed by atoms with E-state index in [4.69, 9.17) is 4.52 Å². The first-order valence-corrected chi connectivity index (χ1v) is 4.27. The average molecular weight is 204 g/mol. The van der Waals surface area contributed by atoms with Crippen molar-refractivity contribution in [3.8, 4) is 0 Å². The minimum absolute atomic E-state index is 0.0589. The molecule has 0 aliphatic rings. The van der Waals surface area contributed by atoms with E-state index in [2.05, 4.69) is 20.4 Å². The Bertz CT molecular complexity index is 466. The van der Waals surface area contributed by atoms with E-state index < -0.39 is 5.91 Å². The van der Waals surface area contributed by atoms with Crippen LogP contribution in [-0.4, -0.2) is 21.0 Å². The molecule has 1 N–H and O–H groups in total. The third kappa shape index (κ3) is 2.16. The molecule has 2 aromatic rings. The molecule has 2 heterocycles. The van der Waals surface area contributed by atoms with Crippen LogP contribution in [0, 0.1) is 6.92 Å². The van der Waals surface area contributed by atoms with Crippen molar-refractivity contribution in [2.75, 3.05) is 5.32 Å². The van der Waals surface area contributed by atoms with Crippen LogP contribution in [-0.2, 0) is 0 Å². The molecule has 0 bridgehead atoms. The van der Waals surface area contributed by atoms with E-state index in [9.17, 15) is 4.79 Å². The van der Waals surface area contributed by atoms with Gasteiger partial charge in [-0.15, -0.1) is 0 Å². The van der Waals surface area contributed by atoms with E-state index in [1.165, 1.54) is 6.20 Å². The molecule has 6 heteroatoms. The summed E-state index contributed by atoms with van der Waals surface area (Å²) in [5.74, 6) is -0.0775. The van der Waals surface area contributed by atoms with Crippen LogP contribution in [0.3, 0.4) is 0 Å². The van der Waals surface area contributed by atoms with Crippen molar-refractivity contribution in [2.45, 2.75) is 6.92 Å². The highest BCUT2D eigenvalue weighted by Gasteiger charge is 2.13. The van der Waals surface area contributed by atoms with Crippen molar-refractivity contribution < 1.29 is 9.32 Å². The molecule has 0 aliphatic heterocycles. The number of rotatable bonds is 2. The van der Waals surface area contributed by atoms with E-state index in [-0.39, 0.29) is 5.89 Å². The van der Waals surface area contributed by atoms with Gasteiger partial charge in [0.25, 0.3) is 0 Å². The van der Waals surface area contributed by atoms with E-state index in [1.807, 2.05) is 0 Å². The summed E-state index contributed by atoms with van der Waals surface area (Å²) in [6.07, 6.45) is 3.15. The van der Waals surface area contributed by atoms with Gasteiger partial charge in [-0.1, -0.05) is 5.16 Å². The topological polar surface area (TPSA) is 80.9 Å². The molecule has 0 atom stereocenters. The fraction of sp³-hybridized carbons (Fsp3) is 0.111. The third-order valence-electron chi connectivity index (χ3n) is 1.64. The standard InChI is InChI=1S/C9H8N4O2/c1-6-11-9(15-13-6)8(14)12-7-3-2-4-10-5-7/h2-5H,1H3,(H,12,14). The van der Waals surface area contributed by atoms with Gasteiger partial charge in [-0.2, -0.15) is 4.98 Å². The zero-order valence-corrected chi connectivity index (χ0v) is 7.97. The lowest BCUT2D eigenvalue weighted by molar-refractivity contribution is 0.0981. The molecule has 0 unspecified atom stereocenters. The Labute approximate surface area is 85.3 Å². The molecule has 2 rings (SSSR count). The fourth-order valence-corrected chi connectivity index (χ4v) is 1.01. The Morgan fingerprint density at radius 3 is 3.00 bits per heavy atom. The van der Waals surface area contributed by atoms with Crippen LogP contribution in [0.15, 0.2) is 29.0 Å². The maximum Gasteiger partial charge on any atom is 0.316 e. The monoisotopic (exact) mass is 204 g/mol. The number of nitrogens with one attached hydrogen (secondary N) is 1. The summed E-state index contributed by atoms with van der Waals surface area (Å²) in [6.45, 7) is 1.64. The number of hydrogen-bond acceptors (Lipinski definition) is 5. The number of carbonyl (C=O) groups excluding carboxylic acids is 1. The Morgan fingerprint density at radius 2 is 2.40 bits per heavy atom. The molecule has 0 saturated carbocycles. The normalized spacial score (nSPS) is 9.93. The van der Waals surface area contributed by atoms with Crippen molar-refractivity contribution in [2.24, 2.45) is 0 Å². The average Bonchev–Trinajstić information content (AvgIpc) is 2.66. The van der Waals surface area contributed by atoms with E-state index in [0.717, 1.165) is 0 Å². The Kier molecular flexibility index (Phi) is 2.40. The van der Waals surface area contributed by atoms with Gasteiger partial charge in [0, 0.05) is 6.20 Å². The third-order valence-corrected chi connectivity index (χ3v) is 1.64. The molecule has 15 heavy (non-hydrogen) atoms. The molecule has 0 aromatic carbocycles. The van der Waals surface area contributed by atoms with Crippen LogP contribution in [0.25, 0.3) is 0 Å². The van der Waals surface area contributed by atoms with Gasteiger partial charge in [0.05, 0.1) is 11.9 Å². The van der Waals surface area contributed by atoms with Crippen LogP contribution in [0.4, 0.5) is 5.69 Å². The van der Waals surface area contributed by atoms with Gasteiger partial charge in [0.15, 0.2) is 5.82 Å². The lowest BCUT2D eigenvalue weighted by Crippen LogP contribution is -2.12. The van der Waals surface area contributed by atoms with Gasteiger partial charge in [0.1, 0.15) is 0 Å². The number of amides is 1. The molecule has 0 radical (unpaired) electrons. The quantitative estimate of drug-likeness (QED) is 0.789. The predicted octanol–water partition coefficient (Wildman–Crippen LogP) is 1.03. The Hall–Kier alpha value is -2.24. The van der Waals surface area contributed by atoms with Crippen molar-refractivity contribution in [3.05, 3.63) is 36.2 Å². The summed E-state index contributed by atoms with van der Waals surface area (Å²) < 4.78 is 4.70. The van der Waals surface area contributed by atoms with E-state index >= 15 is 0 Å². The molecular formula is C9H8N4O2. The second-order valence-corrected chi connectivity index (χ2v) is 2.84. The molecule has 0 aliphatic carbocycles. The number of hydrogen-bond donors (Lipinski definition) is 1. The number of pyridine rings is 1. The number of carbonyl (C=O) groups is 1. The molecule has 0 spiro atoms. The first-order chi connectivity index (χ1) is 7.25. The summed E-state index contributed by atoms with van der Waals surface area (Å²) in [5.41, 5.74) is 0.582. The van der Waals surface area contributed by atoms with Crippen LogP contribution in [0.5, 0.6) is 0 Å². The van der Waals surface area contributed by atoms with Crippen molar-refractivity contribution >= 4 is 11.6 Å². The lowest BCUT2D eigenvalue weighted by Gasteiger charge is -1.99. The Balaban J connectivity index is 2.11. The summed E-state index contributed by atoms with van der Waals surface area (Å²) in [7, 11) is 0. The maximum absolute atomic E-state index is 11.5. The van der Waals surface area contributed by atoms with Crippen molar-refractivity contribution in [3.63, 3.8) is 0 Å². The molecule has 2 aromatic heterocycles. The Morgan fingerprint density at radius 1 is 1.53 bits per heavy atom. The van der Waals surface area contributed by atoms with Crippen LogP contribution in [0.1, 0.15) is 16.5 Å². The minimum atomic E-state index is -0.441. The first-order valence-electron chi connectivity index (χ1n) is 4.27. The van der Waals surface area contributed by atoms with Gasteiger partial charge >= 0.3 is 11.8 Å². The zero-order chi connectivity index (χ0) is 10.7. The van der Waals surface area contributed by atoms with Crippen LogP contribution in [0.2, 0.25) is 0 Å². The highest BCUT2D eigenvalue weighted by atomic mass is 16.5. The van der Waals surface area contributed by atoms with Crippen LogP contribution >= 0.6 is 0 Å². The first kappa shape index (κ1) is 9.32. The highest BCUT2D eigenvalue weighted by Crippen LogP contribution is 2.05. The minimum Gasteiger partial charge on any atom is -0.329 e. The number of nitrogens with zero attached hydrogens (tertiary/aromatic N) is 3. The maximum atomic E-state index is 11.5. The molecule has 1 amide bonds. The SMILES string of the molecule is Cc1noc(C(=O)Nc2cccnc2)n1. The molecule has 0 fully saturated rings. The zero-order valence-electron chi connectivity index (χ0n) is 7.97. The second kappa shape index (κ2) is 3.87. The van der Waals surface area contributed by atoms with Crippen molar-refractivity contribution in [1.82, 2.24) is 15.1 Å². The van der Waals surface area contributed by atoms with E-state index in [0.29, 0.717) is 11.5 Å². The molecule has 0 saturated heterocycles. The lowest BCUT2D eigenvalue weighted by atomic mass is 10.4. The second-order valence-electron chi connectivity index (χ2n) is 2.84. The summed E-state index contributed by atoms with van der Waals surface area (Å²) in [4.78, 5) is 19.1. The number of aryl methyl sites for hydroxylation is 1. The molecular weight excluding hydrogens is 196 g/mol. The summed E-state index contributed by atoms with van der Waals surface area (Å²) in [6, 6.07) is 3.43. The summed E-state index contributed by atoms with van der Waals surface area (Å²) >= 11 is 0. The van der Waals surface area contributed by atoms with Gasteiger partial charge < -0.3 is 9.84 Å². The van der Waals surface area contributed by atoms with Gasteiger partial charge in [0.2, 0.25) is 0 Å². The predicted molar refractivity (Wildman–Crippen MR) is 51.2 cm³/mol. The molecule has 76 valence electrons. The van der Waals surface area contributed by atoms with Crippen molar-refractivity contribution in [1.29, 1.82) is 0 Å². The summed E-state index contributed by atoms with van der Waals surface area (Å²) in [5, 5.41) is 6.09. The van der Waals surface area contributed by atoms with E-state index in [1.54, 1.807) is 25.3 Å². The van der Waals surface area contributed by atoms with Gasteiger partial charge in [-0.3, -0.25) is 9.78 Å². The smallest absolute Gasteiger partial charge is 0.316 e. The number of aromatic nitrogens is 3. The molecule has 6 nitrogen and oxygen atoms in total. The van der Waals surface area contributed by atoms with Gasteiger partial charge in [-0.25, -0.2) is 0 Å². The van der Waals surface area contributed by atoms with Gasteiger partial charge in [-0.05, 0) is 19.1 Å². The largest absolute Gasteiger partial charge is 0.329 e.